The van der Waals surface area contributed by atoms with Crippen molar-refractivity contribution in [3.05, 3.63) is 0 Å². The predicted octanol–water partition coefficient (Wildman–Crippen LogP) is 1.03. The smallest absolute Gasteiger partial charge is 0.125 e. The zero-order valence-electron chi connectivity index (χ0n) is 8.23. The fourth-order valence-electron chi connectivity index (χ4n) is 1.48. The SMILES string of the molecule is CC(C)(C)N1CCNCC(F)C1. The second-order valence-corrected chi connectivity index (χ2v) is 4.42. The van der Waals surface area contributed by atoms with Crippen LogP contribution in [0.2, 0.25) is 0 Å². The van der Waals surface area contributed by atoms with E-state index >= 15 is 0 Å². The molecule has 0 spiro atoms. The molecule has 0 aromatic carbocycles. The summed E-state index contributed by atoms with van der Waals surface area (Å²) in [5, 5.41) is 3.08. The first kappa shape index (κ1) is 9.93. The molecule has 0 bridgehead atoms. The zero-order valence-corrected chi connectivity index (χ0v) is 8.23. The molecule has 12 heavy (non-hydrogen) atoms. The standard InChI is InChI=1S/C9H19FN2/c1-9(2,3)12-5-4-11-6-8(10)7-12/h8,11H,4-7H2,1-3H3. The molecule has 3 heteroatoms. The van der Waals surface area contributed by atoms with E-state index in [4.69, 9.17) is 0 Å². The summed E-state index contributed by atoms with van der Waals surface area (Å²) in [7, 11) is 0. The molecule has 0 radical (unpaired) electrons. The van der Waals surface area contributed by atoms with Crippen molar-refractivity contribution in [2.45, 2.75) is 32.5 Å². The summed E-state index contributed by atoms with van der Waals surface area (Å²) in [6.07, 6.45) is -0.716. The Hall–Kier alpha value is -0.150. The highest BCUT2D eigenvalue weighted by Crippen LogP contribution is 2.14. The van der Waals surface area contributed by atoms with Crippen LogP contribution in [-0.4, -0.2) is 42.8 Å². The number of nitrogens with zero attached hydrogens (tertiary/aromatic N) is 1. The number of hydrogen-bond donors (Lipinski definition) is 1. The van der Waals surface area contributed by atoms with Crippen LogP contribution in [0.4, 0.5) is 4.39 Å². The number of rotatable bonds is 0. The molecule has 0 amide bonds. The van der Waals surface area contributed by atoms with Gasteiger partial charge in [-0.3, -0.25) is 4.90 Å². The topological polar surface area (TPSA) is 15.3 Å². The first-order valence-corrected chi connectivity index (χ1v) is 4.60. The van der Waals surface area contributed by atoms with Crippen molar-refractivity contribution in [3.8, 4) is 0 Å². The molecule has 1 aliphatic rings. The first-order chi connectivity index (χ1) is 5.50. The molecule has 1 fully saturated rings. The monoisotopic (exact) mass is 174 g/mol. The molecule has 1 unspecified atom stereocenters. The summed E-state index contributed by atoms with van der Waals surface area (Å²) in [5.74, 6) is 0. The van der Waals surface area contributed by atoms with Gasteiger partial charge in [-0.2, -0.15) is 0 Å². The van der Waals surface area contributed by atoms with Crippen LogP contribution in [-0.2, 0) is 0 Å². The van der Waals surface area contributed by atoms with Gasteiger partial charge in [-0.15, -0.1) is 0 Å². The van der Waals surface area contributed by atoms with Gasteiger partial charge in [0.1, 0.15) is 6.17 Å². The molecule has 1 N–H and O–H groups in total. The molecule has 1 aliphatic heterocycles. The summed E-state index contributed by atoms with van der Waals surface area (Å²) >= 11 is 0. The molecule has 0 aliphatic carbocycles. The lowest BCUT2D eigenvalue weighted by atomic mass is 10.1. The lowest BCUT2D eigenvalue weighted by molar-refractivity contribution is 0.115. The van der Waals surface area contributed by atoms with Crippen molar-refractivity contribution in [3.63, 3.8) is 0 Å². The van der Waals surface area contributed by atoms with E-state index in [0.717, 1.165) is 13.1 Å². The summed E-state index contributed by atoms with van der Waals surface area (Å²) in [6.45, 7) is 9.31. The Kier molecular flexibility index (Phi) is 3.07. The predicted molar refractivity (Wildman–Crippen MR) is 49.1 cm³/mol. The maximum absolute atomic E-state index is 13.1. The quantitative estimate of drug-likeness (QED) is 0.590. The number of nitrogens with one attached hydrogen (secondary N) is 1. The van der Waals surface area contributed by atoms with Crippen LogP contribution in [0, 0.1) is 0 Å². The number of alkyl halides is 1. The Morgan fingerprint density at radius 2 is 2.08 bits per heavy atom. The van der Waals surface area contributed by atoms with Gasteiger partial charge in [-0.1, -0.05) is 0 Å². The van der Waals surface area contributed by atoms with Crippen molar-refractivity contribution < 1.29 is 4.39 Å². The summed E-state index contributed by atoms with van der Waals surface area (Å²) in [6, 6.07) is 0. The van der Waals surface area contributed by atoms with Gasteiger partial charge >= 0.3 is 0 Å². The highest BCUT2D eigenvalue weighted by atomic mass is 19.1. The second-order valence-electron chi connectivity index (χ2n) is 4.42. The molecule has 72 valence electrons. The van der Waals surface area contributed by atoms with Gasteiger partial charge < -0.3 is 5.32 Å². The van der Waals surface area contributed by atoms with E-state index in [1.54, 1.807) is 0 Å². The lowest BCUT2D eigenvalue weighted by Crippen LogP contribution is -2.45. The largest absolute Gasteiger partial charge is 0.313 e. The Balaban J connectivity index is 2.52. The maximum Gasteiger partial charge on any atom is 0.125 e. The Bertz CT molecular complexity index is 142. The summed E-state index contributed by atoms with van der Waals surface area (Å²) in [4.78, 5) is 2.19. The van der Waals surface area contributed by atoms with Gasteiger partial charge in [0.15, 0.2) is 0 Å². The minimum atomic E-state index is -0.716. The van der Waals surface area contributed by atoms with Gasteiger partial charge in [0, 0.05) is 31.7 Å². The molecule has 1 rings (SSSR count). The van der Waals surface area contributed by atoms with Crippen LogP contribution < -0.4 is 5.32 Å². The lowest BCUT2D eigenvalue weighted by Gasteiger charge is -2.34. The zero-order chi connectivity index (χ0) is 9.19. The molecule has 2 nitrogen and oxygen atoms in total. The average molecular weight is 174 g/mol. The van der Waals surface area contributed by atoms with Crippen LogP contribution in [0.5, 0.6) is 0 Å². The molecular weight excluding hydrogens is 155 g/mol. The van der Waals surface area contributed by atoms with E-state index < -0.39 is 6.17 Å². The first-order valence-electron chi connectivity index (χ1n) is 4.60. The fraction of sp³-hybridized carbons (Fsp3) is 1.00. The van der Waals surface area contributed by atoms with Crippen LogP contribution >= 0.6 is 0 Å². The van der Waals surface area contributed by atoms with Crippen molar-refractivity contribution in [2.75, 3.05) is 26.2 Å². The maximum atomic E-state index is 13.1. The average Bonchev–Trinajstić information content (AvgIpc) is 2.11. The van der Waals surface area contributed by atoms with Gasteiger partial charge in [0.05, 0.1) is 0 Å². The van der Waals surface area contributed by atoms with E-state index in [2.05, 4.69) is 31.0 Å². The molecule has 1 heterocycles. The highest BCUT2D eigenvalue weighted by Gasteiger charge is 2.25. The Morgan fingerprint density at radius 1 is 1.42 bits per heavy atom. The third-order valence-electron chi connectivity index (χ3n) is 2.29. The molecular formula is C9H19FN2. The van der Waals surface area contributed by atoms with Gasteiger partial charge in [-0.25, -0.2) is 4.39 Å². The molecule has 0 saturated carbocycles. The number of halogens is 1. The second kappa shape index (κ2) is 3.71. The summed E-state index contributed by atoms with van der Waals surface area (Å²) < 4.78 is 13.1. The van der Waals surface area contributed by atoms with E-state index in [1.807, 2.05) is 0 Å². The minimum absolute atomic E-state index is 0.0936. The van der Waals surface area contributed by atoms with E-state index in [-0.39, 0.29) is 5.54 Å². The molecule has 0 aromatic heterocycles. The van der Waals surface area contributed by atoms with Gasteiger partial charge in [0.2, 0.25) is 0 Å². The third kappa shape index (κ3) is 2.72. The van der Waals surface area contributed by atoms with Crippen molar-refractivity contribution >= 4 is 0 Å². The van der Waals surface area contributed by atoms with Gasteiger partial charge in [-0.05, 0) is 20.8 Å². The molecule has 0 aromatic rings. The van der Waals surface area contributed by atoms with Crippen molar-refractivity contribution in [2.24, 2.45) is 0 Å². The minimum Gasteiger partial charge on any atom is -0.313 e. The Labute approximate surface area is 74.1 Å². The number of hydrogen-bond acceptors (Lipinski definition) is 2. The van der Waals surface area contributed by atoms with E-state index in [0.29, 0.717) is 13.1 Å². The summed E-state index contributed by atoms with van der Waals surface area (Å²) in [5.41, 5.74) is 0.0936. The normalized spacial score (nSPS) is 28.5. The van der Waals surface area contributed by atoms with Crippen LogP contribution in [0.15, 0.2) is 0 Å². The molecule has 1 atom stereocenters. The van der Waals surface area contributed by atoms with Crippen molar-refractivity contribution in [1.29, 1.82) is 0 Å². The van der Waals surface area contributed by atoms with Gasteiger partial charge in [0.25, 0.3) is 0 Å². The van der Waals surface area contributed by atoms with Crippen LogP contribution in [0.3, 0.4) is 0 Å². The van der Waals surface area contributed by atoms with E-state index in [1.165, 1.54) is 0 Å². The van der Waals surface area contributed by atoms with Crippen molar-refractivity contribution in [1.82, 2.24) is 10.2 Å². The third-order valence-corrected chi connectivity index (χ3v) is 2.29. The molecule has 1 saturated heterocycles. The van der Waals surface area contributed by atoms with Crippen LogP contribution in [0.25, 0.3) is 0 Å². The fourth-order valence-corrected chi connectivity index (χ4v) is 1.48. The Morgan fingerprint density at radius 3 is 2.67 bits per heavy atom. The van der Waals surface area contributed by atoms with E-state index in [9.17, 15) is 4.39 Å². The van der Waals surface area contributed by atoms with Crippen LogP contribution in [0.1, 0.15) is 20.8 Å². The highest BCUT2D eigenvalue weighted by molar-refractivity contribution is 4.82.